The lowest BCUT2D eigenvalue weighted by atomic mass is 10.1. The summed E-state index contributed by atoms with van der Waals surface area (Å²) in [6.45, 7) is 1.50. The zero-order chi connectivity index (χ0) is 13.0. The third-order valence-corrected chi connectivity index (χ3v) is 3.94. The van der Waals surface area contributed by atoms with Crippen molar-refractivity contribution in [2.45, 2.75) is 30.3 Å². The van der Waals surface area contributed by atoms with Gasteiger partial charge in [0.25, 0.3) is 5.91 Å². The van der Waals surface area contributed by atoms with E-state index in [1.807, 2.05) is 12.1 Å². The zero-order valence-corrected chi connectivity index (χ0v) is 12.5. The average molecular weight is 330 g/mol. The van der Waals surface area contributed by atoms with Gasteiger partial charge in [-0.05, 0) is 53.4 Å². The van der Waals surface area contributed by atoms with Crippen molar-refractivity contribution in [1.29, 1.82) is 0 Å². The number of benzene rings is 1. The quantitative estimate of drug-likeness (QED) is 0.833. The number of ether oxygens (including phenoxy) is 1. The van der Waals surface area contributed by atoms with Crippen LogP contribution >= 0.6 is 28.6 Å². The van der Waals surface area contributed by atoms with E-state index >= 15 is 0 Å². The number of carbonyl (C=O) groups excluding carboxylic acids is 1. The van der Waals surface area contributed by atoms with Gasteiger partial charge in [0, 0.05) is 22.5 Å². The highest BCUT2D eigenvalue weighted by atomic mass is 79.9. The van der Waals surface area contributed by atoms with Crippen LogP contribution in [0.2, 0.25) is 0 Å². The Balaban J connectivity index is 1.85. The highest BCUT2D eigenvalue weighted by molar-refractivity contribution is 9.10. The fraction of sp³-hybridized carbons (Fsp3) is 0.462. The fourth-order valence-electron chi connectivity index (χ4n) is 2.00. The van der Waals surface area contributed by atoms with E-state index in [1.165, 1.54) is 0 Å². The van der Waals surface area contributed by atoms with Crippen molar-refractivity contribution in [2.75, 3.05) is 13.2 Å². The molecular formula is C13H16BrNO2S. The van der Waals surface area contributed by atoms with E-state index in [0.29, 0.717) is 18.2 Å². The van der Waals surface area contributed by atoms with E-state index in [0.717, 1.165) is 35.2 Å². The molecule has 2 rings (SSSR count). The molecule has 18 heavy (non-hydrogen) atoms. The monoisotopic (exact) mass is 329 g/mol. The molecule has 1 N–H and O–H groups in total. The fourth-order valence-corrected chi connectivity index (χ4v) is 2.63. The second-order valence-corrected chi connectivity index (χ2v) is 5.71. The third-order valence-electron chi connectivity index (χ3n) is 2.97. The van der Waals surface area contributed by atoms with Gasteiger partial charge in [0.05, 0.1) is 11.7 Å². The van der Waals surface area contributed by atoms with Gasteiger partial charge in [0.2, 0.25) is 0 Å². The maximum Gasteiger partial charge on any atom is 0.252 e. The van der Waals surface area contributed by atoms with E-state index in [4.69, 9.17) is 4.74 Å². The molecule has 1 aromatic rings. The second kappa shape index (κ2) is 6.59. The smallest absolute Gasteiger partial charge is 0.252 e. The Labute approximate surface area is 121 Å². The van der Waals surface area contributed by atoms with Crippen molar-refractivity contribution in [3.05, 3.63) is 28.2 Å². The summed E-state index contributed by atoms with van der Waals surface area (Å²) in [7, 11) is 0. The molecule has 1 atom stereocenters. The molecule has 0 radical (unpaired) electrons. The number of hydrogen-bond donors (Lipinski definition) is 2. The van der Waals surface area contributed by atoms with Crippen LogP contribution in [0, 0.1) is 0 Å². The summed E-state index contributed by atoms with van der Waals surface area (Å²) >= 11 is 7.61. The van der Waals surface area contributed by atoms with Gasteiger partial charge in [-0.3, -0.25) is 4.79 Å². The molecule has 1 unspecified atom stereocenters. The highest BCUT2D eigenvalue weighted by Gasteiger charge is 2.16. The molecule has 0 saturated carbocycles. The first-order chi connectivity index (χ1) is 8.66. The summed E-state index contributed by atoms with van der Waals surface area (Å²) in [6, 6.07) is 5.43. The molecule has 1 amide bonds. The minimum Gasteiger partial charge on any atom is -0.378 e. The van der Waals surface area contributed by atoms with Gasteiger partial charge in [-0.15, -0.1) is 12.6 Å². The SMILES string of the molecule is O=C(NCCC1CCCO1)c1cc(S)ccc1Br. The number of halogens is 1. The summed E-state index contributed by atoms with van der Waals surface area (Å²) < 4.78 is 6.30. The van der Waals surface area contributed by atoms with Crippen LogP contribution in [0.1, 0.15) is 29.6 Å². The maximum atomic E-state index is 12.0. The summed E-state index contributed by atoms with van der Waals surface area (Å²) in [5, 5.41) is 2.91. The van der Waals surface area contributed by atoms with Crippen molar-refractivity contribution in [3.8, 4) is 0 Å². The number of nitrogens with one attached hydrogen (secondary N) is 1. The second-order valence-electron chi connectivity index (χ2n) is 4.34. The number of hydrogen-bond acceptors (Lipinski definition) is 3. The first-order valence-corrected chi connectivity index (χ1v) is 7.29. The van der Waals surface area contributed by atoms with E-state index < -0.39 is 0 Å². The first kappa shape index (κ1) is 13.9. The van der Waals surface area contributed by atoms with Gasteiger partial charge in [-0.25, -0.2) is 0 Å². The Morgan fingerprint density at radius 1 is 1.56 bits per heavy atom. The summed E-state index contributed by atoms with van der Waals surface area (Å²) in [5.74, 6) is -0.0734. The van der Waals surface area contributed by atoms with Crippen molar-refractivity contribution >= 4 is 34.5 Å². The van der Waals surface area contributed by atoms with Gasteiger partial charge >= 0.3 is 0 Å². The lowest BCUT2D eigenvalue weighted by Gasteiger charge is -2.11. The van der Waals surface area contributed by atoms with Crippen LogP contribution in [0.5, 0.6) is 0 Å². The van der Waals surface area contributed by atoms with Gasteiger partial charge in [0.15, 0.2) is 0 Å². The van der Waals surface area contributed by atoms with Gasteiger partial charge < -0.3 is 10.1 Å². The maximum absolute atomic E-state index is 12.0. The van der Waals surface area contributed by atoms with E-state index in [-0.39, 0.29) is 5.91 Å². The topological polar surface area (TPSA) is 38.3 Å². The highest BCUT2D eigenvalue weighted by Crippen LogP contribution is 2.20. The van der Waals surface area contributed by atoms with Gasteiger partial charge in [-0.1, -0.05) is 0 Å². The molecule has 0 spiro atoms. The molecule has 1 fully saturated rings. The third kappa shape index (κ3) is 3.73. The molecule has 98 valence electrons. The molecule has 1 aromatic carbocycles. The van der Waals surface area contributed by atoms with Crippen molar-refractivity contribution in [2.24, 2.45) is 0 Å². The summed E-state index contributed by atoms with van der Waals surface area (Å²) in [4.78, 5) is 12.8. The first-order valence-electron chi connectivity index (χ1n) is 6.05. The van der Waals surface area contributed by atoms with E-state index in [1.54, 1.807) is 6.07 Å². The van der Waals surface area contributed by atoms with Gasteiger partial charge in [-0.2, -0.15) is 0 Å². The lowest BCUT2D eigenvalue weighted by molar-refractivity contribution is 0.0906. The molecule has 3 nitrogen and oxygen atoms in total. The van der Waals surface area contributed by atoms with Crippen molar-refractivity contribution < 1.29 is 9.53 Å². The minimum atomic E-state index is -0.0734. The van der Waals surface area contributed by atoms with Crippen LogP contribution in [-0.2, 0) is 4.74 Å². The standard InChI is InChI=1S/C13H16BrNO2S/c14-12-4-3-10(18)8-11(12)13(16)15-6-5-9-2-1-7-17-9/h3-4,8-9,18H,1-2,5-7H2,(H,15,16). The number of thiol groups is 1. The predicted molar refractivity (Wildman–Crippen MR) is 77.3 cm³/mol. The molecule has 1 heterocycles. The molecule has 5 heteroatoms. The Bertz CT molecular complexity index is 433. The molecule has 0 aliphatic carbocycles. The normalized spacial score (nSPS) is 18.9. The number of carbonyl (C=O) groups is 1. The van der Waals surface area contributed by atoms with Crippen LogP contribution in [-0.4, -0.2) is 25.2 Å². The Morgan fingerprint density at radius 2 is 2.39 bits per heavy atom. The number of amides is 1. The lowest BCUT2D eigenvalue weighted by Crippen LogP contribution is -2.27. The Morgan fingerprint density at radius 3 is 3.11 bits per heavy atom. The molecule has 0 bridgehead atoms. The van der Waals surface area contributed by atoms with E-state index in [2.05, 4.69) is 33.9 Å². The van der Waals surface area contributed by atoms with Crippen LogP contribution in [0.3, 0.4) is 0 Å². The summed E-state index contributed by atoms with van der Waals surface area (Å²) in [6.07, 6.45) is 3.42. The molecule has 1 aliphatic rings. The van der Waals surface area contributed by atoms with Crippen LogP contribution in [0.25, 0.3) is 0 Å². The molecule has 1 saturated heterocycles. The Hall–Kier alpha value is -0.520. The number of rotatable bonds is 4. The summed E-state index contributed by atoms with van der Waals surface area (Å²) in [5.41, 5.74) is 0.620. The molecular weight excluding hydrogens is 314 g/mol. The largest absolute Gasteiger partial charge is 0.378 e. The zero-order valence-electron chi connectivity index (χ0n) is 9.99. The van der Waals surface area contributed by atoms with Crippen LogP contribution in [0.4, 0.5) is 0 Å². The Kier molecular flexibility index (Phi) is 5.09. The van der Waals surface area contributed by atoms with Crippen LogP contribution < -0.4 is 5.32 Å². The molecule has 0 aromatic heterocycles. The van der Waals surface area contributed by atoms with Gasteiger partial charge in [0.1, 0.15) is 0 Å². The van der Waals surface area contributed by atoms with Crippen molar-refractivity contribution in [1.82, 2.24) is 5.32 Å². The minimum absolute atomic E-state index is 0.0734. The van der Waals surface area contributed by atoms with Crippen LogP contribution in [0.15, 0.2) is 27.6 Å². The molecule has 1 aliphatic heterocycles. The predicted octanol–water partition coefficient (Wildman–Crippen LogP) is 3.04. The van der Waals surface area contributed by atoms with Crippen molar-refractivity contribution in [3.63, 3.8) is 0 Å². The van der Waals surface area contributed by atoms with E-state index in [9.17, 15) is 4.79 Å². The average Bonchev–Trinajstić information content (AvgIpc) is 2.85.